The Labute approximate surface area is 131 Å². The van der Waals surface area contributed by atoms with E-state index in [4.69, 9.17) is 5.26 Å². The van der Waals surface area contributed by atoms with Crippen molar-refractivity contribution in [3.63, 3.8) is 0 Å². The zero-order chi connectivity index (χ0) is 14.9. The minimum Gasteiger partial charge on any atom is -0.317 e. The fraction of sp³-hybridized carbons (Fsp3) is 0.562. The molecule has 116 valence electrons. The highest BCUT2D eigenvalue weighted by Gasteiger charge is 1.97. The number of rotatable bonds is 5. The molecule has 1 rings (SSSR count). The minimum atomic E-state index is 0. The number of benzene rings is 1. The Hall–Kier alpha value is -1.08. The summed E-state index contributed by atoms with van der Waals surface area (Å²) in [5.41, 5.74) is 1.40. The van der Waals surface area contributed by atoms with E-state index >= 15 is 0 Å². The molecule has 3 nitrogen and oxygen atoms in total. The summed E-state index contributed by atoms with van der Waals surface area (Å²) in [5, 5.41) is 13.6. The van der Waals surface area contributed by atoms with Gasteiger partial charge in [-0.15, -0.1) is 12.4 Å². The monoisotopic (exact) mass is 299 g/mol. The summed E-state index contributed by atoms with van der Waals surface area (Å²) in [5.74, 6) is 0. The van der Waals surface area contributed by atoms with Gasteiger partial charge in [-0.25, -0.2) is 0 Å². The zero-order valence-electron chi connectivity index (χ0n) is 13.4. The number of nitrogens with one attached hydrogen (secondary N) is 2. The first-order valence-corrected chi connectivity index (χ1v) is 6.88. The van der Waals surface area contributed by atoms with Crippen LogP contribution in [-0.4, -0.2) is 26.2 Å². The molecule has 1 atom stereocenters. The van der Waals surface area contributed by atoms with E-state index in [1.807, 2.05) is 13.1 Å². The lowest BCUT2D eigenvalue weighted by Crippen LogP contribution is -2.23. The van der Waals surface area contributed by atoms with Gasteiger partial charge < -0.3 is 10.6 Å². The number of nitriles is 1. The van der Waals surface area contributed by atoms with Crippen LogP contribution in [0.25, 0.3) is 0 Å². The van der Waals surface area contributed by atoms with Crippen molar-refractivity contribution >= 4 is 12.4 Å². The van der Waals surface area contributed by atoms with Crippen molar-refractivity contribution in [1.82, 2.24) is 10.6 Å². The predicted octanol–water partition coefficient (Wildman–Crippen LogP) is 3.40. The molecule has 1 aromatic rings. The molecule has 0 aliphatic heterocycles. The zero-order valence-corrected chi connectivity index (χ0v) is 14.3. The van der Waals surface area contributed by atoms with Crippen molar-refractivity contribution in [3.8, 4) is 6.07 Å². The lowest BCUT2D eigenvalue weighted by Gasteiger charge is -2.08. The first-order chi connectivity index (χ1) is 9.15. The van der Waals surface area contributed by atoms with E-state index in [1.165, 1.54) is 12.5 Å². The van der Waals surface area contributed by atoms with Crippen LogP contribution < -0.4 is 10.6 Å². The first kappa shape index (κ1) is 24.0. The second-order valence-corrected chi connectivity index (χ2v) is 4.06. The van der Waals surface area contributed by atoms with E-state index in [0.29, 0.717) is 6.04 Å². The Bertz CT molecular complexity index is 307. The number of halogens is 1. The summed E-state index contributed by atoms with van der Waals surface area (Å²) < 4.78 is 0. The van der Waals surface area contributed by atoms with Crippen LogP contribution in [0.1, 0.15) is 33.3 Å². The molecule has 2 N–H and O–H groups in total. The van der Waals surface area contributed by atoms with Gasteiger partial charge in [0.15, 0.2) is 0 Å². The van der Waals surface area contributed by atoms with Gasteiger partial charge in [0.05, 0.1) is 6.07 Å². The minimum absolute atomic E-state index is 0. The van der Waals surface area contributed by atoms with Crippen LogP contribution in [0.15, 0.2) is 30.3 Å². The average Bonchev–Trinajstić information content (AvgIpc) is 2.42. The van der Waals surface area contributed by atoms with Crippen molar-refractivity contribution in [1.29, 1.82) is 5.26 Å². The molecule has 1 aromatic carbocycles. The summed E-state index contributed by atoms with van der Waals surface area (Å²) in [6.45, 7) is 10.0. The summed E-state index contributed by atoms with van der Waals surface area (Å²) in [6.07, 6.45) is 1.11. The lowest BCUT2D eigenvalue weighted by molar-refractivity contribution is 0.608. The number of hydrogen-bond acceptors (Lipinski definition) is 3. The van der Waals surface area contributed by atoms with Gasteiger partial charge in [0.25, 0.3) is 0 Å². The van der Waals surface area contributed by atoms with Crippen LogP contribution >= 0.6 is 12.4 Å². The van der Waals surface area contributed by atoms with E-state index in [2.05, 4.69) is 55.7 Å². The van der Waals surface area contributed by atoms with Gasteiger partial charge in [0, 0.05) is 13.0 Å². The summed E-state index contributed by atoms with van der Waals surface area (Å²) in [7, 11) is 1.99. The van der Waals surface area contributed by atoms with Gasteiger partial charge in [-0.3, -0.25) is 0 Å². The van der Waals surface area contributed by atoms with Gasteiger partial charge >= 0.3 is 0 Å². The first-order valence-electron chi connectivity index (χ1n) is 6.88. The highest BCUT2D eigenvalue weighted by molar-refractivity contribution is 5.85. The molecule has 0 amide bonds. The molecule has 0 saturated heterocycles. The molecule has 0 aliphatic rings. The van der Waals surface area contributed by atoms with Crippen molar-refractivity contribution < 1.29 is 0 Å². The van der Waals surface area contributed by atoms with E-state index < -0.39 is 0 Å². The summed E-state index contributed by atoms with van der Waals surface area (Å²) in [6, 6.07) is 12.8. The Morgan fingerprint density at radius 1 is 1.15 bits per heavy atom. The molecule has 4 heteroatoms. The number of hydrogen-bond donors (Lipinski definition) is 2. The predicted molar refractivity (Wildman–Crippen MR) is 91.4 cm³/mol. The van der Waals surface area contributed by atoms with E-state index in [0.717, 1.165) is 19.5 Å². The average molecular weight is 300 g/mol. The van der Waals surface area contributed by atoms with Crippen LogP contribution in [0.2, 0.25) is 0 Å². The SMILES string of the molecule is CC#N.CCNCC.CN[C@@H](C)Cc1ccccc1.Cl. The van der Waals surface area contributed by atoms with E-state index in [1.54, 1.807) is 6.07 Å². The van der Waals surface area contributed by atoms with Crippen LogP contribution in [0, 0.1) is 11.3 Å². The van der Waals surface area contributed by atoms with Crippen LogP contribution in [-0.2, 0) is 6.42 Å². The molecule has 0 heterocycles. The Balaban J connectivity index is -0.000000273. The maximum atomic E-state index is 7.32. The second kappa shape index (κ2) is 20.2. The number of likely N-dealkylation sites (N-methyl/N-ethyl adjacent to an activating group) is 1. The molecule has 0 fully saturated rings. The lowest BCUT2D eigenvalue weighted by atomic mass is 10.1. The molecule has 0 radical (unpaired) electrons. The topological polar surface area (TPSA) is 47.9 Å². The van der Waals surface area contributed by atoms with Crippen LogP contribution in [0.5, 0.6) is 0 Å². The van der Waals surface area contributed by atoms with E-state index in [-0.39, 0.29) is 12.4 Å². The normalized spacial score (nSPS) is 9.60. The molecular weight excluding hydrogens is 270 g/mol. The van der Waals surface area contributed by atoms with Gasteiger partial charge in [0.2, 0.25) is 0 Å². The third-order valence-electron chi connectivity index (χ3n) is 2.38. The molecule has 0 aromatic heterocycles. The standard InChI is InChI=1S/C10H15N.C4H11N.C2H3N.ClH/c1-9(11-2)8-10-6-4-3-5-7-10;1-3-5-4-2;1-2-3;/h3-7,9,11H,8H2,1-2H3;5H,3-4H2,1-2H3;1H3;1H/t9-;;;/m0.../s1. The van der Waals surface area contributed by atoms with E-state index in [9.17, 15) is 0 Å². The number of nitrogens with zero attached hydrogens (tertiary/aromatic N) is 1. The quantitative estimate of drug-likeness (QED) is 0.876. The maximum Gasteiger partial charge on any atom is 0.0587 e. The smallest absolute Gasteiger partial charge is 0.0587 e. The Morgan fingerprint density at radius 2 is 1.60 bits per heavy atom. The highest BCUT2D eigenvalue weighted by atomic mass is 35.5. The second-order valence-electron chi connectivity index (χ2n) is 4.06. The van der Waals surface area contributed by atoms with Crippen molar-refractivity contribution in [2.75, 3.05) is 20.1 Å². The van der Waals surface area contributed by atoms with Gasteiger partial charge in [-0.2, -0.15) is 5.26 Å². The van der Waals surface area contributed by atoms with Gasteiger partial charge in [-0.1, -0.05) is 44.2 Å². The molecule has 0 bridgehead atoms. The van der Waals surface area contributed by atoms with Crippen molar-refractivity contribution in [3.05, 3.63) is 35.9 Å². The summed E-state index contributed by atoms with van der Waals surface area (Å²) in [4.78, 5) is 0. The highest BCUT2D eigenvalue weighted by Crippen LogP contribution is 2.01. The Kier molecular flexibility index (Phi) is 24.3. The third-order valence-corrected chi connectivity index (χ3v) is 2.38. The fourth-order valence-corrected chi connectivity index (χ4v) is 1.32. The molecule has 0 spiro atoms. The molecule has 20 heavy (non-hydrogen) atoms. The fourth-order valence-electron chi connectivity index (χ4n) is 1.32. The van der Waals surface area contributed by atoms with Crippen molar-refractivity contribution in [2.24, 2.45) is 0 Å². The third kappa shape index (κ3) is 19.3. The maximum absolute atomic E-state index is 7.32. The Morgan fingerprint density at radius 3 is 1.90 bits per heavy atom. The van der Waals surface area contributed by atoms with Crippen LogP contribution in [0.3, 0.4) is 0 Å². The van der Waals surface area contributed by atoms with Gasteiger partial charge in [0.1, 0.15) is 0 Å². The largest absolute Gasteiger partial charge is 0.317 e. The summed E-state index contributed by atoms with van der Waals surface area (Å²) >= 11 is 0. The van der Waals surface area contributed by atoms with Crippen LogP contribution in [0.4, 0.5) is 0 Å². The van der Waals surface area contributed by atoms with Crippen molar-refractivity contribution in [2.45, 2.75) is 40.2 Å². The molecule has 0 aliphatic carbocycles. The molecule has 0 unspecified atom stereocenters. The molecular formula is C16H30ClN3. The molecule has 0 saturated carbocycles. The van der Waals surface area contributed by atoms with Gasteiger partial charge in [-0.05, 0) is 39.0 Å².